The molecule has 0 fully saturated rings. The highest BCUT2D eigenvalue weighted by Crippen LogP contribution is 2.17. The molecule has 0 radical (unpaired) electrons. The van der Waals surface area contributed by atoms with Gasteiger partial charge in [0.05, 0.1) is 0 Å². The predicted molar refractivity (Wildman–Crippen MR) is 57.8 cm³/mol. The average Bonchev–Trinajstić information content (AvgIpc) is 2.58. The van der Waals surface area contributed by atoms with Crippen molar-refractivity contribution in [3.63, 3.8) is 0 Å². The Balaban J connectivity index is 2.63. The van der Waals surface area contributed by atoms with Crippen LogP contribution in [0.2, 0.25) is 0 Å². The van der Waals surface area contributed by atoms with E-state index in [1.807, 2.05) is 6.08 Å². The molecule has 0 aliphatic heterocycles. The van der Waals surface area contributed by atoms with Gasteiger partial charge < -0.3 is 4.98 Å². The van der Waals surface area contributed by atoms with Crippen molar-refractivity contribution in [1.29, 1.82) is 0 Å². The second kappa shape index (κ2) is 3.09. The van der Waals surface area contributed by atoms with Crippen LogP contribution in [0.1, 0.15) is 18.2 Å². The van der Waals surface area contributed by atoms with E-state index in [1.165, 1.54) is 16.5 Å². The first kappa shape index (κ1) is 8.11. The molecule has 1 aromatic carbocycles. The van der Waals surface area contributed by atoms with Crippen LogP contribution in [0, 0.1) is 0 Å². The Morgan fingerprint density at radius 3 is 2.92 bits per heavy atom. The van der Waals surface area contributed by atoms with E-state index in [1.54, 1.807) is 0 Å². The second-order valence-electron chi connectivity index (χ2n) is 3.20. The first-order valence-electron chi connectivity index (χ1n) is 4.57. The van der Waals surface area contributed by atoms with Gasteiger partial charge in [-0.25, -0.2) is 0 Å². The van der Waals surface area contributed by atoms with Crippen LogP contribution in [0.25, 0.3) is 17.0 Å². The third kappa shape index (κ3) is 1.37. The van der Waals surface area contributed by atoms with Gasteiger partial charge >= 0.3 is 0 Å². The summed E-state index contributed by atoms with van der Waals surface area (Å²) in [6.45, 7) is 5.91. The fraction of sp³-hybridized carbons (Fsp3) is 0.167. The Morgan fingerprint density at radius 2 is 2.23 bits per heavy atom. The number of aromatic nitrogens is 1. The van der Waals surface area contributed by atoms with Crippen LogP contribution >= 0.6 is 0 Å². The molecule has 1 nitrogen and oxygen atoms in total. The molecule has 1 heterocycles. The van der Waals surface area contributed by atoms with Crippen molar-refractivity contribution in [2.45, 2.75) is 13.3 Å². The Labute approximate surface area is 78.1 Å². The minimum Gasteiger partial charge on any atom is -0.355 e. The third-order valence-electron chi connectivity index (χ3n) is 2.33. The number of nitrogens with one attached hydrogen (secondary N) is 1. The Kier molecular flexibility index (Phi) is 1.93. The zero-order chi connectivity index (χ0) is 9.26. The highest BCUT2D eigenvalue weighted by Gasteiger charge is 1.98. The molecule has 1 aromatic heterocycles. The van der Waals surface area contributed by atoms with Crippen LogP contribution in [0.3, 0.4) is 0 Å². The number of hydrogen-bond acceptors (Lipinski definition) is 0. The molecule has 0 saturated heterocycles. The molecule has 0 atom stereocenters. The molecule has 0 bridgehead atoms. The van der Waals surface area contributed by atoms with Crippen molar-refractivity contribution >= 4 is 17.0 Å². The zero-order valence-corrected chi connectivity index (χ0v) is 7.80. The SMILES string of the molecule is C=Cc1cc2cc(CC)ccc2[nH]1. The molecule has 13 heavy (non-hydrogen) atoms. The second-order valence-corrected chi connectivity index (χ2v) is 3.20. The molecule has 0 aliphatic rings. The summed E-state index contributed by atoms with van der Waals surface area (Å²) in [6.07, 6.45) is 2.93. The van der Waals surface area contributed by atoms with Gasteiger partial charge in [0.25, 0.3) is 0 Å². The van der Waals surface area contributed by atoms with Gasteiger partial charge in [0, 0.05) is 16.6 Å². The summed E-state index contributed by atoms with van der Waals surface area (Å²) in [5.74, 6) is 0. The Hall–Kier alpha value is -1.50. The topological polar surface area (TPSA) is 15.8 Å². The third-order valence-corrected chi connectivity index (χ3v) is 2.33. The van der Waals surface area contributed by atoms with Crippen molar-refractivity contribution < 1.29 is 0 Å². The lowest BCUT2D eigenvalue weighted by molar-refractivity contribution is 1.15. The first-order chi connectivity index (χ1) is 6.33. The van der Waals surface area contributed by atoms with Crippen LogP contribution in [-0.2, 0) is 6.42 Å². The minimum atomic E-state index is 1.09. The van der Waals surface area contributed by atoms with Gasteiger partial charge in [-0.2, -0.15) is 0 Å². The van der Waals surface area contributed by atoms with Crippen molar-refractivity contribution in [2.75, 3.05) is 0 Å². The molecule has 0 saturated carbocycles. The van der Waals surface area contributed by atoms with Gasteiger partial charge in [-0.15, -0.1) is 0 Å². The summed E-state index contributed by atoms with van der Waals surface area (Å²) in [7, 11) is 0. The van der Waals surface area contributed by atoms with Gasteiger partial charge in [0.2, 0.25) is 0 Å². The maximum Gasteiger partial charge on any atom is 0.0458 e. The maximum atomic E-state index is 3.74. The van der Waals surface area contributed by atoms with E-state index >= 15 is 0 Å². The summed E-state index contributed by atoms with van der Waals surface area (Å²) in [5, 5.41) is 1.27. The first-order valence-corrected chi connectivity index (χ1v) is 4.57. The quantitative estimate of drug-likeness (QED) is 0.713. The van der Waals surface area contributed by atoms with E-state index in [0.717, 1.165) is 12.1 Å². The number of benzene rings is 1. The van der Waals surface area contributed by atoms with Crippen LogP contribution < -0.4 is 0 Å². The summed E-state index contributed by atoms with van der Waals surface area (Å²) >= 11 is 0. The van der Waals surface area contributed by atoms with Crippen molar-refractivity contribution in [3.8, 4) is 0 Å². The van der Waals surface area contributed by atoms with Gasteiger partial charge in [0.15, 0.2) is 0 Å². The van der Waals surface area contributed by atoms with Crippen LogP contribution in [0.15, 0.2) is 30.8 Å². The molecule has 66 valence electrons. The number of rotatable bonds is 2. The van der Waals surface area contributed by atoms with Gasteiger partial charge in [0.1, 0.15) is 0 Å². The van der Waals surface area contributed by atoms with Crippen molar-refractivity contribution in [3.05, 3.63) is 42.1 Å². The van der Waals surface area contributed by atoms with Crippen LogP contribution in [0.4, 0.5) is 0 Å². The average molecular weight is 171 g/mol. The normalized spacial score (nSPS) is 10.5. The standard InChI is InChI=1S/C12H13N/c1-3-9-5-6-12-10(7-9)8-11(4-2)13-12/h4-8,13H,2-3H2,1H3. The molecule has 0 amide bonds. The lowest BCUT2D eigenvalue weighted by Gasteiger charge is -1.94. The van der Waals surface area contributed by atoms with E-state index in [0.29, 0.717) is 0 Å². The lowest BCUT2D eigenvalue weighted by Crippen LogP contribution is -1.77. The molecular weight excluding hydrogens is 158 g/mol. The highest BCUT2D eigenvalue weighted by molar-refractivity contribution is 5.83. The highest BCUT2D eigenvalue weighted by atomic mass is 14.7. The van der Waals surface area contributed by atoms with E-state index in [-0.39, 0.29) is 0 Å². The van der Waals surface area contributed by atoms with Crippen LogP contribution in [-0.4, -0.2) is 4.98 Å². The summed E-state index contributed by atoms with van der Waals surface area (Å²) in [4.78, 5) is 3.28. The lowest BCUT2D eigenvalue weighted by atomic mass is 10.1. The monoisotopic (exact) mass is 171 g/mol. The van der Waals surface area contributed by atoms with Gasteiger partial charge in [-0.05, 0) is 36.3 Å². The van der Waals surface area contributed by atoms with E-state index in [9.17, 15) is 0 Å². The summed E-state index contributed by atoms with van der Waals surface area (Å²) < 4.78 is 0. The van der Waals surface area contributed by atoms with Crippen molar-refractivity contribution in [2.24, 2.45) is 0 Å². The smallest absolute Gasteiger partial charge is 0.0458 e. The number of H-pyrrole nitrogens is 1. The summed E-state index contributed by atoms with van der Waals surface area (Å²) in [6, 6.07) is 8.63. The molecule has 0 aliphatic carbocycles. The van der Waals surface area contributed by atoms with Gasteiger partial charge in [-0.1, -0.05) is 19.6 Å². The molecular formula is C12H13N. The van der Waals surface area contributed by atoms with Crippen LogP contribution in [0.5, 0.6) is 0 Å². The van der Waals surface area contributed by atoms with E-state index in [4.69, 9.17) is 0 Å². The minimum absolute atomic E-state index is 1.09. The number of fused-ring (bicyclic) bond motifs is 1. The largest absolute Gasteiger partial charge is 0.355 e. The molecule has 0 unspecified atom stereocenters. The summed E-state index contributed by atoms with van der Waals surface area (Å²) in [5.41, 5.74) is 3.65. The zero-order valence-electron chi connectivity index (χ0n) is 7.80. The Morgan fingerprint density at radius 1 is 1.38 bits per heavy atom. The van der Waals surface area contributed by atoms with E-state index < -0.39 is 0 Å². The Bertz CT molecular complexity index is 437. The maximum absolute atomic E-state index is 3.74. The molecule has 2 rings (SSSR count). The molecule has 1 heteroatoms. The predicted octanol–water partition coefficient (Wildman–Crippen LogP) is 3.37. The van der Waals surface area contributed by atoms with E-state index in [2.05, 4.69) is 42.8 Å². The number of aromatic amines is 1. The number of aryl methyl sites for hydroxylation is 1. The van der Waals surface area contributed by atoms with Crippen molar-refractivity contribution in [1.82, 2.24) is 4.98 Å². The molecule has 1 N–H and O–H groups in total. The molecule has 2 aromatic rings. The fourth-order valence-corrected chi connectivity index (χ4v) is 1.53. The fourth-order valence-electron chi connectivity index (χ4n) is 1.53. The van der Waals surface area contributed by atoms with Gasteiger partial charge in [-0.3, -0.25) is 0 Å². The number of hydrogen-bond donors (Lipinski definition) is 1. The molecule has 0 spiro atoms.